The van der Waals surface area contributed by atoms with E-state index >= 15 is 0 Å². The van der Waals surface area contributed by atoms with Gasteiger partial charge in [0, 0.05) is 18.8 Å². The molecule has 3 aromatic rings. The molecule has 1 fully saturated rings. The van der Waals surface area contributed by atoms with Crippen LogP contribution in [0, 0.1) is 6.92 Å². The number of amides is 2. The zero-order valence-electron chi connectivity index (χ0n) is 16.7. The Bertz CT molecular complexity index is 1050. The van der Waals surface area contributed by atoms with E-state index in [9.17, 15) is 14.7 Å². The number of hydrogen-bond acceptors (Lipinski definition) is 5. The smallest absolute Gasteiger partial charge is 0.410 e. The van der Waals surface area contributed by atoms with Gasteiger partial charge in [0.2, 0.25) is 5.91 Å². The number of aliphatic hydroxyl groups is 1. The molecule has 0 saturated carbocycles. The van der Waals surface area contributed by atoms with Crippen molar-refractivity contribution in [1.29, 1.82) is 0 Å². The van der Waals surface area contributed by atoms with Crippen LogP contribution in [0.4, 0.5) is 4.79 Å². The van der Waals surface area contributed by atoms with E-state index in [2.05, 4.69) is 10.3 Å². The molecule has 1 aromatic carbocycles. The van der Waals surface area contributed by atoms with E-state index in [0.29, 0.717) is 5.69 Å². The summed E-state index contributed by atoms with van der Waals surface area (Å²) in [5.74, 6) is -0.337. The fraction of sp³-hybridized carbons (Fsp3) is 0.318. The van der Waals surface area contributed by atoms with E-state index in [4.69, 9.17) is 4.74 Å². The van der Waals surface area contributed by atoms with Crippen LogP contribution in [0.5, 0.6) is 0 Å². The van der Waals surface area contributed by atoms with Crippen LogP contribution in [0.2, 0.25) is 0 Å². The number of carbonyl (C=O) groups excluding carboxylic acids is 2. The van der Waals surface area contributed by atoms with E-state index in [0.717, 1.165) is 16.8 Å². The number of imidazole rings is 1. The molecule has 2 aromatic heterocycles. The van der Waals surface area contributed by atoms with E-state index in [1.807, 2.05) is 66.2 Å². The molecule has 0 radical (unpaired) electrons. The average molecular weight is 408 g/mol. The number of nitrogens with one attached hydrogen (secondary N) is 1. The van der Waals surface area contributed by atoms with Gasteiger partial charge in [-0.3, -0.25) is 9.69 Å². The molecular formula is C22H24N4O4. The minimum atomic E-state index is -0.775. The quantitative estimate of drug-likeness (QED) is 0.674. The Hall–Kier alpha value is -3.39. The summed E-state index contributed by atoms with van der Waals surface area (Å²) >= 11 is 0. The number of aliphatic hydroxyl groups excluding tert-OH is 1. The highest BCUT2D eigenvalue weighted by Gasteiger charge is 2.39. The molecule has 8 nitrogen and oxygen atoms in total. The fourth-order valence-corrected chi connectivity index (χ4v) is 3.58. The lowest BCUT2D eigenvalue weighted by molar-refractivity contribution is -0.125. The number of nitrogens with zero attached hydrogens (tertiary/aromatic N) is 3. The highest BCUT2D eigenvalue weighted by molar-refractivity contribution is 5.86. The molecular weight excluding hydrogens is 384 g/mol. The zero-order valence-corrected chi connectivity index (χ0v) is 16.7. The topological polar surface area (TPSA) is 96.2 Å². The van der Waals surface area contributed by atoms with Gasteiger partial charge in [0.05, 0.1) is 24.9 Å². The molecule has 3 heterocycles. The van der Waals surface area contributed by atoms with Crippen LogP contribution in [-0.4, -0.2) is 50.1 Å². The van der Waals surface area contributed by atoms with Crippen molar-refractivity contribution >= 4 is 17.6 Å². The molecule has 0 bridgehead atoms. The van der Waals surface area contributed by atoms with Crippen LogP contribution < -0.4 is 5.32 Å². The number of aromatic nitrogens is 2. The largest absolute Gasteiger partial charge is 0.445 e. The predicted octanol–water partition coefficient (Wildman–Crippen LogP) is 2.03. The highest BCUT2D eigenvalue weighted by atomic mass is 16.6. The van der Waals surface area contributed by atoms with Gasteiger partial charge in [-0.05, 0) is 30.2 Å². The summed E-state index contributed by atoms with van der Waals surface area (Å²) in [6.07, 6.45) is 2.57. The molecule has 0 aliphatic carbocycles. The van der Waals surface area contributed by atoms with Gasteiger partial charge in [0.1, 0.15) is 18.3 Å². The highest BCUT2D eigenvalue weighted by Crippen LogP contribution is 2.20. The lowest BCUT2D eigenvalue weighted by Crippen LogP contribution is -2.46. The van der Waals surface area contributed by atoms with Crippen molar-refractivity contribution in [2.24, 2.45) is 0 Å². The van der Waals surface area contributed by atoms with Gasteiger partial charge >= 0.3 is 6.09 Å². The third kappa shape index (κ3) is 4.44. The third-order valence-electron chi connectivity index (χ3n) is 5.13. The minimum absolute atomic E-state index is 0.0688. The molecule has 1 aliphatic heterocycles. The Morgan fingerprint density at radius 2 is 2.07 bits per heavy atom. The molecule has 0 unspecified atom stereocenters. The monoisotopic (exact) mass is 408 g/mol. The van der Waals surface area contributed by atoms with Crippen molar-refractivity contribution in [2.75, 3.05) is 6.54 Å². The standard InChI is InChI=1S/C22H24N4O4/c1-15-7-8-25-12-17(24-20(25)9-15)11-23-21(28)19-10-18(27)13-26(19)22(29)30-14-16-5-3-2-4-6-16/h2-9,12,18-19,27H,10-11,13-14H2,1H3,(H,23,28)/t18-,19+/m1/s1. The van der Waals surface area contributed by atoms with Gasteiger partial charge in [0.15, 0.2) is 0 Å². The van der Waals surface area contributed by atoms with E-state index in [-0.39, 0.29) is 32.0 Å². The van der Waals surface area contributed by atoms with Crippen LogP contribution in [0.1, 0.15) is 23.2 Å². The summed E-state index contributed by atoms with van der Waals surface area (Å²) in [7, 11) is 0. The average Bonchev–Trinajstić information content (AvgIpc) is 3.33. The molecule has 156 valence electrons. The first-order valence-corrected chi connectivity index (χ1v) is 9.87. The lowest BCUT2D eigenvalue weighted by atomic mass is 10.2. The van der Waals surface area contributed by atoms with Crippen molar-refractivity contribution in [2.45, 2.75) is 38.6 Å². The van der Waals surface area contributed by atoms with Crippen LogP contribution in [-0.2, 0) is 22.7 Å². The first-order chi connectivity index (χ1) is 14.5. The molecule has 0 spiro atoms. The van der Waals surface area contributed by atoms with Crippen LogP contribution in [0.3, 0.4) is 0 Å². The third-order valence-corrected chi connectivity index (χ3v) is 5.13. The van der Waals surface area contributed by atoms with E-state index < -0.39 is 18.2 Å². The Labute approximate surface area is 174 Å². The molecule has 2 amide bonds. The maximum atomic E-state index is 12.7. The van der Waals surface area contributed by atoms with Crippen LogP contribution >= 0.6 is 0 Å². The van der Waals surface area contributed by atoms with Crippen molar-refractivity contribution in [3.63, 3.8) is 0 Å². The van der Waals surface area contributed by atoms with Gasteiger partial charge in [0.25, 0.3) is 0 Å². The van der Waals surface area contributed by atoms with Gasteiger partial charge in [-0.25, -0.2) is 9.78 Å². The Balaban J connectivity index is 1.36. The molecule has 2 N–H and O–H groups in total. The molecule has 2 atom stereocenters. The number of aryl methyl sites for hydroxylation is 1. The number of ether oxygens (including phenoxy) is 1. The second-order valence-electron chi connectivity index (χ2n) is 7.52. The number of hydrogen-bond donors (Lipinski definition) is 2. The number of likely N-dealkylation sites (tertiary alicyclic amines) is 1. The summed E-state index contributed by atoms with van der Waals surface area (Å²) < 4.78 is 7.22. The van der Waals surface area contributed by atoms with Gasteiger partial charge < -0.3 is 19.6 Å². The number of pyridine rings is 1. The second-order valence-corrected chi connectivity index (χ2v) is 7.52. The Morgan fingerprint density at radius 3 is 2.87 bits per heavy atom. The van der Waals surface area contributed by atoms with E-state index in [1.165, 1.54) is 4.90 Å². The first kappa shape index (κ1) is 19.9. The fourth-order valence-electron chi connectivity index (χ4n) is 3.58. The first-order valence-electron chi connectivity index (χ1n) is 9.87. The summed E-state index contributed by atoms with van der Waals surface area (Å²) in [4.78, 5) is 31.0. The zero-order chi connectivity index (χ0) is 21.1. The normalized spacial score (nSPS) is 18.5. The summed E-state index contributed by atoms with van der Waals surface area (Å²) in [5.41, 5.74) is 3.48. The van der Waals surface area contributed by atoms with E-state index in [1.54, 1.807) is 0 Å². The number of β-amino-alcohol motifs (C(OH)–C–C–N with tert-alkyl or cyclic N) is 1. The Kier molecular flexibility index (Phi) is 5.67. The van der Waals surface area contributed by atoms with Gasteiger partial charge in [-0.1, -0.05) is 30.3 Å². The minimum Gasteiger partial charge on any atom is -0.445 e. The predicted molar refractivity (Wildman–Crippen MR) is 110 cm³/mol. The van der Waals surface area contributed by atoms with Crippen molar-refractivity contribution < 1.29 is 19.4 Å². The maximum Gasteiger partial charge on any atom is 0.410 e. The molecule has 30 heavy (non-hydrogen) atoms. The molecule has 1 aliphatic rings. The number of benzene rings is 1. The number of carbonyl (C=O) groups is 2. The van der Waals surface area contributed by atoms with Crippen molar-refractivity contribution in [1.82, 2.24) is 19.6 Å². The summed E-state index contributed by atoms with van der Waals surface area (Å²) in [6, 6.07) is 12.5. The molecule has 8 heteroatoms. The van der Waals surface area contributed by atoms with Crippen molar-refractivity contribution in [3.05, 3.63) is 71.7 Å². The number of rotatable bonds is 5. The number of fused-ring (bicyclic) bond motifs is 1. The SMILES string of the molecule is Cc1ccn2cc(CNC(=O)[C@@H]3C[C@@H](O)CN3C(=O)OCc3ccccc3)nc2c1. The van der Waals surface area contributed by atoms with Gasteiger partial charge in [-0.2, -0.15) is 0 Å². The van der Waals surface area contributed by atoms with Crippen LogP contribution in [0.15, 0.2) is 54.9 Å². The lowest BCUT2D eigenvalue weighted by Gasteiger charge is -2.22. The summed E-state index contributed by atoms with van der Waals surface area (Å²) in [6.45, 7) is 2.41. The van der Waals surface area contributed by atoms with Crippen LogP contribution in [0.25, 0.3) is 5.65 Å². The molecule has 4 rings (SSSR count). The van der Waals surface area contributed by atoms with Gasteiger partial charge in [-0.15, -0.1) is 0 Å². The van der Waals surface area contributed by atoms with Crippen molar-refractivity contribution in [3.8, 4) is 0 Å². The second kappa shape index (κ2) is 8.54. The maximum absolute atomic E-state index is 12.7. The molecule has 1 saturated heterocycles. The Morgan fingerprint density at radius 1 is 1.27 bits per heavy atom. The summed E-state index contributed by atoms with van der Waals surface area (Å²) in [5, 5.41) is 12.8.